The van der Waals surface area contributed by atoms with Crippen molar-refractivity contribution in [2.24, 2.45) is 0 Å². The highest BCUT2D eigenvalue weighted by Crippen LogP contribution is 2.31. The minimum atomic E-state index is 0.203. The van der Waals surface area contributed by atoms with Gasteiger partial charge in [0.2, 0.25) is 0 Å². The summed E-state index contributed by atoms with van der Waals surface area (Å²) in [5.74, 6) is 1.48. The number of hydrogen-bond acceptors (Lipinski definition) is 4. The fourth-order valence-corrected chi connectivity index (χ4v) is 2.99. The summed E-state index contributed by atoms with van der Waals surface area (Å²) in [5.41, 5.74) is 4.89. The molecule has 0 aliphatic rings. The smallest absolute Gasteiger partial charge is 0.161 e. The number of aryl methyl sites for hydroxylation is 1. The van der Waals surface area contributed by atoms with Crippen molar-refractivity contribution in [3.05, 3.63) is 89.2 Å². The van der Waals surface area contributed by atoms with E-state index in [2.05, 4.69) is 54.5 Å². The minimum absolute atomic E-state index is 0.203. The highest BCUT2D eigenvalue weighted by molar-refractivity contribution is 5.44. The van der Waals surface area contributed by atoms with E-state index in [-0.39, 0.29) is 6.04 Å². The van der Waals surface area contributed by atoms with E-state index >= 15 is 0 Å². The summed E-state index contributed by atoms with van der Waals surface area (Å²) < 4.78 is 11.5. The second-order valence-corrected chi connectivity index (χ2v) is 6.83. The van der Waals surface area contributed by atoms with Gasteiger partial charge >= 0.3 is 0 Å². The van der Waals surface area contributed by atoms with Crippen LogP contribution in [0.2, 0.25) is 0 Å². The first-order valence-electron chi connectivity index (χ1n) is 9.70. The summed E-state index contributed by atoms with van der Waals surface area (Å²) in [5, 5.41) is 3.58. The zero-order chi connectivity index (χ0) is 19.8. The SMILES string of the molecule is CCc1ccc(CNC(C)c2ccc(OCc3ccncc3)c(OC)c2)cc1. The van der Waals surface area contributed by atoms with Crippen LogP contribution in [0.4, 0.5) is 0 Å². The second kappa shape index (κ2) is 9.90. The molecule has 4 heteroatoms. The summed E-state index contributed by atoms with van der Waals surface area (Å²) in [6, 6.07) is 19.0. The van der Waals surface area contributed by atoms with Crippen LogP contribution in [-0.2, 0) is 19.6 Å². The molecule has 0 aliphatic heterocycles. The molecule has 0 fully saturated rings. The maximum Gasteiger partial charge on any atom is 0.161 e. The molecule has 3 aromatic rings. The highest BCUT2D eigenvalue weighted by atomic mass is 16.5. The zero-order valence-corrected chi connectivity index (χ0v) is 16.8. The molecule has 3 rings (SSSR count). The molecular weight excluding hydrogens is 348 g/mol. The lowest BCUT2D eigenvalue weighted by Gasteiger charge is -2.17. The quantitative estimate of drug-likeness (QED) is 0.565. The predicted molar refractivity (Wildman–Crippen MR) is 113 cm³/mol. The van der Waals surface area contributed by atoms with E-state index in [9.17, 15) is 0 Å². The standard InChI is InChI=1S/C24H28N2O2/c1-4-19-5-7-20(8-6-19)16-26-18(2)22-9-10-23(24(15-22)27-3)28-17-21-11-13-25-14-12-21/h5-15,18,26H,4,16-17H2,1-3H3. The molecule has 146 valence electrons. The van der Waals surface area contributed by atoms with E-state index in [1.165, 1.54) is 16.7 Å². The van der Waals surface area contributed by atoms with Crippen LogP contribution in [0.15, 0.2) is 67.0 Å². The molecule has 0 saturated heterocycles. The monoisotopic (exact) mass is 376 g/mol. The van der Waals surface area contributed by atoms with Crippen molar-refractivity contribution >= 4 is 0 Å². The van der Waals surface area contributed by atoms with Crippen molar-refractivity contribution in [2.75, 3.05) is 7.11 Å². The van der Waals surface area contributed by atoms with E-state index in [0.717, 1.165) is 30.0 Å². The Hall–Kier alpha value is -2.85. The average Bonchev–Trinajstić information content (AvgIpc) is 2.77. The molecule has 1 unspecified atom stereocenters. The van der Waals surface area contributed by atoms with Gasteiger partial charge in [0.15, 0.2) is 11.5 Å². The average molecular weight is 377 g/mol. The number of rotatable bonds is 9. The molecular formula is C24H28N2O2. The molecule has 1 aromatic heterocycles. The van der Waals surface area contributed by atoms with E-state index < -0.39 is 0 Å². The minimum Gasteiger partial charge on any atom is -0.493 e. The van der Waals surface area contributed by atoms with Crippen LogP contribution in [0.25, 0.3) is 0 Å². The fourth-order valence-electron chi connectivity index (χ4n) is 2.99. The van der Waals surface area contributed by atoms with Gasteiger partial charge in [-0.2, -0.15) is 0 Å². The molecule has 4 nitrogen and oxygen atoms in total. The molecule has 0 radical (unpaired) electrons. The first-order valence-corrected chi connectivity index (χ1v) is 9.70. The number of hydrogen-bond donors (Lipinski definition) is 1. The molecule has 1 heterocycles. The third-order valence-electron chi connectivity index (χ3n) is 4.87. The molecule has 0 amide bonds. The third-order valence-corrected chi connectivity index (χ3v) is 4.87. The fraction of sp³-hybridized carbons (Fsp3) is 0.292. The Bertz CT molecular complexity index is 864. The van der Waals surface area contributed by atoms with E-state index in [1.807, 2.05) is 24.3 Å². The second-order valence-electron chi connectivity index (χ2n) is 6.83. The van der Waals surface area contributed by atoms with Crippen LogP contribution in [0.3, 0.4) is 0 Å². The third kappa shape index (κ3) is 5.33. The van der Waals surface area contributed by atoms with Gasteiger partial charge in [-0.1, -0.05) is 37.3 Å². The summed E-state index contributed by atoms with van der Waals surface area (Å²) in [6.45, 7) is 5.65. The first kappa shape index (κ1) is 19.9. The molecule has 0 spiro atoms. The van der Waals surface area contributed by atoms with Crippen LogP contribution >= 0.6 is 0 Å². The first-order chi connectivity index (χ1) is 13.7. The van der Waals surface area contributed by atoms with Crippen LogP contribution in [0, 0.1) is 0 Å². The largest absolute Gasteiger partial charge is 0.493 e. The van der Waals surface area contributed by atoms with Crippen molar-refractivity contribution in [3.8, 4) is 11.5 Å². The molecule has 0 aliphatic carbocycles. The predicted octanol–water partition coefficient (Wildman–Crippen LogP) is 5.08. The van der Waals surface area contributed by atoms with Gasteiger partial charge in [0.25, 0.3) is 0 Å². The van der Waals surface area contributed by atoms with Crippen molar-refractivity contribution in [2.45, 2.75) is 39.5 Å². The Labute approximate surface area is 167 Å². The van der Waals surface area contributed by atoms with E-state index in [1.54, 1.807) is 19.5 Å². The highest BCUT2D eigenvalue weighted by Gasteiger charge is 2.11. The van der Waals surface area contributed by atoms with Crippen LogP contribution in [0.5, 0.6) is 11.5 Å². The van der Waals surface area contributed by atoms with Gasteiger partial charge in [0.05, 0.1) is 7.11 Å². The van der Waals surface area contributed by atoms with Crippen LogP contribution in [-0.4, -0.2) is 12.1 Å². The number of pyridine rings is 1. The van der Waals surface area contributed by atoms with Gasteiger partial charge in [-0.25, -0.2) is 0 Å². The summed E-state index contributed by atoms with van der Waals surface area (Å²) in [6.07, 6.45) is 4.60. The van der Waals surface area contributed by atoms with E-state index in [0.29, 0.717) is 6.61 Å². The zero-order valence-electron chi connectivity index (χ0n) is 16.8. The van der Waals surface area contributed by atoms with Gasteiger partial charge in [-0.05, 0) is 59.9 Å². The van der Waals surface area contributed by atoms with Gasteiger partial charge in [-0.3, -0.25) is 4.98 Å². The molecule has 0 saturated carbocycles. The normalized spacial score (nSPS) is 11.8. The Kier molecular flexibility index (Phi) is 7.04. The maximum atomic E-state index is 5.93. The van der Waals surface area contributed by atoms with Gasteiger partial charge in [0.1, 0.15) is 6.61 Å². The van der Waals surface area contributed by atoms with Crippen LogP contribution < -0.4 is 14.8 Å². The summed E-state index contributed by atoms with van der Waals surface area (Å²) in [4.78, 5) is 4.03. The number of nitrogens with one attached hydrogen (secondary N) is 1. The number of methoxy groups -OCH3 is 1. The molecule has 1 N–H and O–H groups in total. The molecule has 0 bridgehead atoms. The molecule has 1 atom stereocenters. The Morgan fingerprint density at radius 2 is 1.61 bits per heavy atom. The van der Waals surface area contributed by atoms with Crippen molar-refractivity contribution < 1.29 is 9.47 Å². The lowest BCUT2D eigenvalue weighted by molar-refractivity contribution is 0.284. The lowest BCUT2D eigenvalue weighted by atomic mass is 10.1. The lowest BCUT2D eigenvalue weighted by Crippen LogP contribution is -2.18. The number of nitrogens with zero attached hydrogens (tertiary/aromatic N) is 1. The van der Waals surface area contributed by atoms with Gasteiger partial charge in [0, 0.05) is 25.0 Å². The summed E-state index contributed by atoms with van der Waals surface area (Å²) in [7, 11) is 1.67. The van der Waals surface area contributed by atoms with Gasteiger partial charge in [-0.15, -0.1) is 0 Å². The Morgan fingerprint density at radius 3 is 2.29 bits per heavy atom. The van der Waals surface area contributed by atoms with E-state index in [4.69, 9.17) is 9.47 Å². The Balaban J connectivity index is 1.61. The summed E-state index contributed by atoms with van der Waals surface area (Å²) >= 11 is 0. The Morgan fingerprint density at radius 1 is 0.893 bits per heavy atom. The maximum absolute atomic E-state index is 5.93. The number of benzene rings is 2. The molecule has 28 heavy (non-hydrogen) atoms. The van der Waals surface area contributed by atoms with Crippen molar-refractivity contribution in [1.82, 2.24) is 10.3 Å². The van der Waals surface area contributed by atoms with Gasteiger partial charge < -0.3 is 14.8 Å². The number of ether oxygens (including phenoxy) is 2. The molecule has 2 aromatic carbocycles. The van der Waals surface area contributed by atoms with Crippen molar-refractivity contribution in [3.63, 3.8) is 0 Å². The number of aromatic nitrogens is 1. The van der Waals surface area contributed by atoms with Crippen LogP contribution in [0.1, 0.15) is 42.1 Å². The van der Waals surface area contributed by atoms with Crippen molar-refractivity contribution in [1.29, 1.82) is 0 Å². The topological polar surface area (TPSA) is 43.4 Å².